The maximum Gasteiger partial charge on any atom is 0.251 e. The molecule has 1 unspecified atom stereocenters. The molecule has 7 heteroatoms. The molecule has 2 heterocycles. The smallest absolute Gasteiger partial charge is 0.251 e. The molecule has 3 aromatic rings. The maximum absolute atomic E-state index is 12.8. The van der Waals surface area contributed by atoms with E-state index in [9.17, 15) is 9.59 Å². The van der Waals surface area contributed by atoms with Crippen LogP contribution in [0.25, 0.3) is 10.9 Å². The second-order valence-corrected chi connectivity index (χ2v) is 9.27. The number of benzene rings is 2. The third-order valence-corrected chi connectivity index (χ3v) is 6.94. The Bertz CT molecular complexity index is 1150. The Hall–Kier alpha value is -3.16. The fraction of sp³-hybridized carbons (Fsp3) is 0.385. The van der Waals surface area contributed by atoms with Gasteiger partial charge in [0.1, 0.15) is 0 Å². The lowest BCUT2D eigenvalue weighted by Crippen LogP contribution is -2.47. The first kappa shape index (κ1) is 21.7. The van der Waals surface area contributed by atoms with Gasteiger partial charge in [-0.25, -0.2) is 0 Å². The van der Waals surface area contributed by atoms with Crippen molar-refractivity contribution >= 4 is 22.7 Å². The number of hydrogen-bond acceptors (Lipinski definition) is 4. The van der Waals surface area contributed by atoms with Gasteiger partial charge in [0.2, 0.25) is 5.91 Å². The molecule has 1 aromatic heterocycles. The van der Waals surface area contributed by atoms with Crippen LogP contribution in [0.5, 0.6) is 0 Å². The summed E-state index contributed by atoms with van der Waals surface area (Å²) in [6.45, 7) is 1.08. The highest BCUT2D eigenvalue weighted by Crippen LogP contribution is 2.26. The van der Waals surface area contributed by atoms with Crippen LogP contribution in [0, 0.1) is 0 Å². The van der Waals surface area contributed by atoms with Crippen LogP contribution in [0.3, 0.4) is 0 Å². The molecular formula is C26H31N5O2. The van der Waals surface area contributed by atoms with E-state index in [1.165, 1.54) is 10.9 Å². The van der Waals surface area contributed by atoms with Gasteiger partial charge in [0.25, 0.3) is 5.91 Å². The summed E-state index contributed by atoms with van der Waals surface area (Å²) in [5.74, 6) is -0.0600. The highest BCUT2D eigenvalue weighted by molar-refractivity contribution is 5.94. The maximum atomic E-state index is 12.8. The number of H-pyrrole nitrogens is 1. The van der Waals surface area contributed by atoms with Crippen molar-refractivity contribution in [1.29, 1.82) is 0 Å². The number of carbonyl (C=O) groups is 2. The summed E-state index contributed by atoms with van der Waals surface area (Å²) < 4.78 is 0. The number of fused-ring (bicyclic) bond motifs is 3. The summed E-state index contributed by atoms with van der Waals surface area (Å²) in [6.07, 6.45) is 4.46. The molecule has 2 aromatic carbocycles. The van der Waals surface area contributed by atoms with Crippen molar-refractivity contribution in [2.24, 2.45) is 5.73 Å². The van der Waals surface area contributed by atoms with Crippen LogP contribution in [-0.2, 0) is 24.3 Å². The third kappa shape index (κ3) is 4.79. The van der Waals surface area contributed by atoms with Gasteiger partial charge in [0.05, 0.1) is 6.04 Å². The van der Waals surface area contributed by atoms with Crippen molar-refractivity contribution in [3.05, 3.63) is 70.9 Å². The van der Waals surface area contributed by atoms with Crippen LogP contribution in [0.15, 0.2) is 48.5 Å². The number of para-hydroxylation sites is 1. The normalized spacial score (nSPS) is 22.5. The quantitative estimate of drug-likeness (QED) is 0.415. The van der Waals surface area contributed by atoms with E-state index < -0.39 is 0 Å². The van der Waals surface area contributed by atoms with Crippen LogP contribution in [0.1, 0.15) is 52.9 Å². The van der Waals surface area contributed by atoms with E-state index in [2.05, 4.69) is 33.1 Å². The summed E-state index contributed by atoms with van der Waals surface area (Å²) in [4.78, 5) is 28.8. The summed E-state index contributed by atoms with van der Waals surface area (Å²) in [7, 11) is 0. The topological polar surface area (TPSA) is 112 Å². The first-order valence-electron chi connectivity index (χ1n) is 11.8. The number of aromatic nitrogens is 1. The monoisotopic (exact) mass is 445 g/mol. The summed E-state index contributed by atoms with van der Waals surface area (Å²) in [5.41, 5.74) is 11.0. The lowest BCUT2D eigenvalue weighted by atomic mass is 9.91. The van der Waals surface area contributed by atoms with Gasteiger partial charge in [-0.3, -0.25) is 14.9 Å². The lowest BCUT2D eigenvalue weighted by molar-refractivity contribution is -0.123. The number of carbonyl (C=O) groups excluding carboxylic acids is 2. The number of amides is 2. The number of nitrogens with two attached hydrogens (primary N) is 1. The minimum Gasteiger partial charge on any atom is -0.357 e. The number of nitrogens with one attached hydrogen (secondary N) is 4. The second-order valence-electron chi connectivity index (χ2n) is 9.27. The molecule has 7 nitrogen and oxygen atoms in total. The third-order valence-electron chi connectivity index (χ3n) is 6.94. The predicted molar refractivity (Wildman–Crippen MR) is 129 cm³/mol. The molecule has 172 valence electrons. The number of aromatic amines is 1. The minimum atomic E-state index is -0.259. The van der Waals surface area contributed by atoms with Crippen molar-refractivity contribution < 1.29 is 9.59 Å². The van der Waals surface area contributed by atoms with Gasteiger partial charge in [-0.1, -0.05) is 30.3 Å². The van der Waals surface area contributed by atoms with Crippen molar-refractivity contribution in [3.63, 3.8) is 0 Å². The Morgan fingerprint density at radius 3 is 2.55 bits per heavy atom. The molecule has 1 fully saturated rings. The molecule has 2 aliphatic rings. The molecule has 0 radical (unpaired) electrons. The van der Waals surface area contributed by atoms with Gasteiger partial charge in [0, 0.05) is 47.3 Å². The number of hydrogen-bond donors (Lipinski definition) is 5. The molecule has 1 aliphatic heterocycles. The van der Waals surface area contributed by atoms with Gasteiger partial charge >= 0.3 is 0 Å². The average Bonchev–Trinajstić information content (AvgIpc) is 3.22. The molecule has 33 heavy (non-hydrogen) atoms. The predicted octanol–water partition coefficient (Wildman–Crippen LogP) is 2.50. The van der Waals surface area contributed by atoms with Crippen LogP contribution < -0.4 is 21.7 Å². The van der Waals surface area contributed by atoms with E-state index in [1.54, 1.807) is 0 Å². The Morgan fingerprint density at radius 1 is 1.00 bits per heavy atom. The molecule has 1 atom stereocenters. The highest BCUT2D eigenvalue weighted by Gasteiger charge is 2.26. The Labute approximate surface area is 193 Å². The fourth-order valence-electron chi connectivity index (χ4n) is 4.95. The summed E-state index contributed by atoms with van der Waals surface area (Å²) in [6, 6.07) is 15.9. The highest BCUT2D eigenvalue weighted by atomic mass is 16.2. The first-order chi connectivity index (χ1) is 16.1. The SMILES string of the molecule is NC1CCC(NC(=O)c2ccc(CNC(=O)C3Cc4c([nH]c5ccccc45)CN3)cc2)CC1. The zero-order valence-electron chi connectivity index (χ0n) is 18.7. The zero-order chi connectivity index (χ0) is 22.8. The lowest BCUT2D eigenvalue weighted by Gasteiger charge is -2.26. The Balaban J connectivity index is 1.14. The minimum absolute atomic E-state index is 0.0109. The molecular weight excluding hydrogens is 414 g/mol. The van der Waals surface area contributed by atoms with Gasteiger partial charge in [-0.15, -0.1) is 0 Å². The van der Waals surface area contributed by atoms with Crippen molar-refractivity contribution in [1.82, 2.24) is 20.9 Å². The molecule has 1 aliphatic carbocycles. The van der Waals surface area contributed by atoms with Crippen LogP contribution in [0.2, 0.25) is 0 Å². The Kier molecular flexibility index (Phi) is 6.15. The second kappa shape index (κ2) is 9.37. The molecule has 2 amide bonds. The fourth-order valence-corrected chi connectivity index (χ4v) is 4.95. The molecule has 0 spiro atoms. The van der Waals surface area contributed by atoms with E-state index in [0.717, 1.165) is 42.5 Å². The van der Waals surface area contributed by atoms with Gasteiger partial charge < -0.3 is 21.4 Å². The standard InChI is InChI=1S/C26H31N5O2/c27-18-9-11-19(12-10-18)30-25(32)17-7-5-16(6-8-17)14-29-26(33)23-13-21-20-3-1-2-4-22(20)31-24(21)15-28-23/h1-8,18-19,23,28,31H,9-15,27H2,(H,29,33)(H,30,32). The van der Waals surface area contributed by atoms with Crippen LogP contribution in [0.4, 0.5) is 0 Å². The summed E-state index contributed by atoms with van der Waals surface area (Å²) >= 11 is 0. The average molecular weight is 446 g/mol. The molecule has 5 rings (SSSR count). The molecule has 1 saturated carbocycles. The van der Waals surface area contributed by atoms with Gasteiger partial charge in [-0.2, -0.15) is 0 Å². The first-order valence-corrected chi connectivity index (χ1v) is 11.8. The van der Waals surface area contributed by atoms with E-state index in [4.69, 9.17) is 5.73 Å². The van der Waals surface area contributed by atoms with E-state index in [-0.39, 0.29) is 29.9 Å². The van der Waals surface area contributed by atoms with Gasteiger partial charge in [-0.05, 0) is 61.4 Å². The van der Waals surface area contributed by atoms with Crippen molar-refractivity contribution in [2.45, 2.75) is 63.3 Å². The Morgan fingerprint density at radius 2 is 1.76 bits per heavy atom. The zero-order valence-corrected chi connectivity index (χ0v) is 18.7. The number of rotatable bonds is 5. The van der Waals surface area contributed by atoms with Crippen molar-refractivity contribution in [2.75, 3.05) is 0 Å². The molecule has 0 bridgehead atoms. The van der Waals surface area contributed by atoms with E-state index in [0.29, 0.717) is 25.1 Å². The molecule has 6 N–H and O–H groups in total. The van der Waals surface area contributed by atoms with E-state index in [1.807, 2.05) is 36.4 Å². The van der Waals surface area contributed by atoms with Crippen LogP contribution in [-0.4, -0.2) is 34.9 Å². The van der Waals surface area contributed by atoms with Crippen LogP contribution >= 0.6 is 0 Å². The largest absolute Gasteiger partial charge is 0.357 e. The van der Waals surface area contributed by atoms with E-state index >= 15 is 0 Å². The molecule has 0 saturated heterocycles. The summed E-state index contributed by atoms with van der Waals surface area (Å²) in [5, 5.41) is 10.7. The van der Waals surface area contributed by atoms with Crippen molar-refractivity contribution in [3.8, 4) is 0 Å². The van der Waals surface area contributed by atoms with Gasteiger partial charge in [0.15, 0.2) is 0 Å².